The number of anilines is 1. The minimum atomic E-state index is 0.0972. The fourth-order valence-electron chi connectivity index (χ4n) is 2.93. The molecule has 1 saturated heterocycles. The van der Waals surface area contributed by atoms with Gasteiger partial charge in [0.15, 0.2) is 0 Å². The van der Waals surface area contributed by atoms with Crippen LogP contribution in [-0.4, -0.2) is 47.6 Å². The van der Waals surface area contributed by atoms with E-state index in [2.05, 4.69) is 28.6 Å². The van der Waals surface area contributed by atoms with E-state index in [9.17, 15) is 9.90 Å². The molecule has 5 heteroatoms. The Kier molecular flexibility index (Phi) is 7.92. The maximum absolute atomic E-state index is 11.9. The normalized spacial score (nSPS) is 16.4. The van der Waals surface area contributed by atoms with Crippen LogP contribution in [0.1, 0.15) is 31.2 Å². The molecule has 2 N–H and O–H groups in total. The minimum Gasteiger partial charge on any atom is -0.396 e. The lowest BCUT2D eigenvalue weighted by atomic mass is 9.97. The molecule has 1 aliphatic rings. The van der Waals surface area contributed by atoms with Crippen molar-refractivity contribution < 1.29 is 9.90 Å². The Morgan fingerprint density at radius 2 is 2.17 bits per heavy atom. The third kappa shape index (κ3) is 6.53. The van der Waals surface area contributed by atoms with E-state index in [4.69, 9.17) is 0 Å². The molecular formula is C18H28N2O2S. The van der Waals surface area contributed by atoms with Crippen LogP contribution in [0.2, 0.25) is 0 Å². The molecule has 0 unspecified atom stereocenters. The lowest BCUT2D eigenvalue weighted by molar-refractivity contribution is -0.116. The molecule has 0 radical (unpaired) electrons. The predicted octanol–water partition coefficient (Wildman–Crippen LogP) is 2.97. The smallest absolute Gasteiger partial charge is 0.224 e. The molecule has 1 aromatic carbocycles. The van der Waals surface area contributed by atoms with Crippen LogP contribution in [0.15, 0.2) is 24.3 Å². The number of aliphatic hydroxyl groups is 1. The van der Waals surface area contributed by atoms with Crippen LogP contribution < -0.4 is 5.32 Å². The molecule has 0 bridgehead atoms. The zero-order chi connectivity index (χ0) is 16.5. The van der Waals surface area contributed by atoms with Gasteiger partial charge in [-0.15, -0.1) is 0 Å². The first-order valence-corrected chi connectivity index (χ1v) is 9.81. The van der Waals surface area contributed by atoms with E-state index in [0.29, 0.717) is 18.9 Å². The number of carbonyl (C=O) groups excluding carboxylic acids is 1. The molecular weight excluding hydrogens is 308 g/mol. The summed E-state index contributed by atoms with van der Waals surface area (Å²) >= 11 is 1.77. The molecule has 1 fully saturated rings. The van der Waals surface area contributed by atoms with E-state index in [1.165, 1.54) is 5.56 Å². The third-order valence-electron chi connectivity index (χ3n) is 4.33. The molecule has 1 aromatic rings. The number of carbonyl (C=O) groups is 1. The van der Waals surface area contributed by atoms with Crippen molar-refractivity contribution in [3.63, 3.8) is 0 Å². The molecule has 0 atom stereocenters. The number of nitrogens with one attached hydrogen (secondary N) is 1. The Balaban J connectivity index is 1.81. The zero-order valence-corrected chi connectivity index (χ0v) is 14.8. The predicted molar refractivity (Wildman–Crippen MR) is 97.8 cm³/mol. The van der Waals surface area contributed by atoms with Gasteiger partial charge in [-0.25, -0.2) is 0 Å². The molecule has 1 amide bonds. The van der Waals surface area contributed by atoms with Gasteiger partial charge in [0, 0.05) is 25.3 Å². The SMILES string of the molecule is CSCCCC(=O)Nc1cccc(CN2CCC(CO)CC2)c1. The molecule has 2 rings (SSSR count). The lowest BCUT2D eigenvalue weighted by Gasteiger charge is -2.31. The second-order valence-electron chi connectivity index (χ2n) is 6.25. The standard InChI is InChI=1S/C18H28N2O2S/c1-23-11-3-6-18(22)19-17-5-2-4-16(12-17)13-20-9-7-15(14-21)8-10-20/h2,4-5,12,15,21H,3,6-11,13-14H2,1H3,(H,19,22). The van der Waals surface area contributed by atoms with Crippen molar-refractivity contribution in [3.8, 4) is 0 Å². The number of thioether (sulfide) groups is 1. The number of rotatable bonds is 8. The van der Waals surface area contributed by atoms with E-state index in [-0.39, 0.29) is 5.91 Å². The van der Waals surface area contributed by atoms with Gasteiger partial charge in [-0.3, -0.25) is 9.69 Å². The van der Waals surface area contributed by atoms with Gasteiger partial charge in [0.25, 0.3) is 0 Å². The van der Waals surface area contributed by atoms with Gasteiger partial charge in [-0.1, -0.05) is 12.1 Å². The van der Waals surface area contributed by atoms with Crippen molar-refractivity contribution in [2.45, 2.75) is 32.2 Å². The Hall–Kier alpha value is -1.04. The first-order chi connectivity index (χ1) is 11.2. The molecule has 0 spiro atoms. The van der Waals surface area contributed by atoms with Gasteiger partial charge >= 0.3 is 0 Å². The summed E-state index contributed by atoms with van der Waals surface area (Å²) in [6, 6.07) is 8.15. The Morgan fingerprint density at radius 3 is 2.87 bits per heavy atom. The Labute approximate surface area is 143 Å². The van der Waals surface area contributed by atoms with Crippen LogP contribution in [0.4, 0.5) is 5.69 Å². The zero-order valence-electron chi connectivity index (χ0n) is 14.0. The summed E-state index contributed by atoms with van der Waals surface area (Å²) in [5, 5.41) is 12.2. The molecule has 4 nitrogen and oxygen atoms in total. The van der Waals surface area contributed by atoms with Gasteiger partial charge in [0.2, 0.25) is 5.91 Å². The fourth-order valence-corrected chi connectivity index (χ4v) is 3.37. The highest BCUT2D eigenvalue weighted by Crippen LogP contribution is 2.19. The van der Waals surface area contributed by atoms with Crippen LogP contribution in [0.25, 0.3) is 0 Å². The number of likely N-dealkylation sites (tertiary alicyclic amines) is 1. The highest BCUT2D eigenvalue weighted by Gasteiger charge is 2.18. The molecule has 1 heterocycles. The Bertz CT molecular complexity index is 488. The second-order valence-corrected chi connectivity index (χ2v) is 7.23. The molecule has 0 aliphatic carbocycles. The first-order valence-electron chi connectivity index (χ1n) is 8.42. The second kappa shape index (κ2) is 9.96. The highest BCUT2D eigenvalue weighted by atomic mass is 32.2. The van der Waals surface area contributed by atoms with E-state index in [1.54, 1.807) is 11.8 Å². The van der Waals surface area contributed by atoms with Gasteiger partial charge in [-0.2, -0.15) is 11.8 Å². The average molecular weight is 337 g/mol. The van der Waals surface area contributed by atoms with E-state index < -0.39 is 0 Å². The van der Waals surface area contributed by atoms with Crippen LogP contribution >= 0.6 is 11.8 Å². The average Bonchev–Trinajstić information content (AvgIpc) is 2.56. The van der Waals surface area contributed by atoms with E-state index in [1.807, 2.05) is 12.1 Å². The third-order valence-corrected chi connectivity index (χ3v) is 5.03. The number of amides is 1. The molecule has 23 heavy (non-hydrogen) atoms. The van der Waals surface area contributed by atoms with E-state index >= 15 is 0 Å². The largest absolute Gasteiger partial charge is 0.396 e. The van der Waals surface area contributed by atoms with Crippen molar-refractivity contribution in [3.05, 3.63) is 29.8 Å². The van der Waals surface area contributed by atoms with Crippen molar-refractivity contribution in [2.75, 3.05) is 37.0 Å². The minimum absolute atomic E-state index is 0.0972. The Morgan fingerprint density at radius 1 is 1.39 bits per heavy atom. The number of nitrogens with zero attached hydrogens (tertiary/aromatic N) is 1. The van der Waals surface area contributed by atoms with Gasteiger partial charge < -0.3 is 10.4 Å². The summed E-state index contributed by atoms with van der Waals surface area (Å²) in [4.78, 5) is 14.3. The maximum atomic E-state index is 11.9. The summed E-state index contributed by atoms with van der Waals surface area (Å²) in [7, 11) is 0. The summed E-state index contributed by atoms with van der Waals surface area (Å²) in [6.45, 7) is 3.30. The number of hydrogen-bond donors (Lipinski definition) is 2. The van der Waals surface area contributed by atoms with Crippen molar-refractivity contribution in [1.29, 1.82) is 0 Å². The van der Waals surface area contributed by atoms with Gasteiger partial charge in [-0.05, 0) is 68.0 Å². The summed E-state index contributed by atoms with van der Waals surface area (Å²) < 4.78 is 0. The number of aliphatic hydroxyl groups excluding tert-OH is 1. The van der Waals surface area contributed by atoms with Gasteiger partial charge in [0.05, 0.1) is 0 Å². The number of benzene rings is 1. The summed E-state index contributed by atoms with van der Waals surface area (Å²) in [5.74, 6) is 1.59. The fraction of sp³-hybridized carbons (Fsp3) is 0.611. The van der Waals surface area contributed by atoms with Crippen LogP contribution in [-0.2, 0) is 11.3 Å². The molecule has 128 valence electrons. The summed E-state index contributed by atoms with van der Waals surface area (Å²) in [6.07, 6.45) is 5.71. The van der Waals surface area contributed by atoms with Crippen molar-refractivity contribution in [2.24, 2.45) is 5.92 Å². The number of hydrogen-bond acceptors (Lipinski definition) is 4. The van der Waals surface area contributed by atoms with Crippen molar-refractivity contribution >= 4 is 23.4 Å². The highest BCUT2D eigenvalue weighted by molar-refractivity contribution is 7.98. The van der Waals surface area contributed by atoms with Crippen LogP contribution in [0.5, 0.6) is 0 Å². The van der Waals surface area contributed by atoms with E-state index in [0.717, 1.165) is 50.3 Å². The molecule has 1 aliphatic heterocycles. The monoisotopic (exact) mass is 336 g/mol. The van der Waals surface area contributed by atoms with Gasteiger partial charge in [0.1, 0.15) is 0 Å². The topological polar surface area (TPSA) is 52.6 Å². The number of piperidine rings is 1. The molecule has 0 saturated carbocycles. The van der Waals surface area contributed by atoms with Crippen LogP contribution in [0, 0.1) is 5.92 Å². The molecule has 0 aromatic heterocycles. The lowest BCUT2D eigenvalue weighted by Crippen LogP contribution is -2.34. The first kappa shape index (κ1) is 18.3. The van der Waals surface area contributed by atoms with Crippen molar-refractivity contribution in [1.82, 2.24) is 4.90 Å². The summed E-state index contributed by atoms with van der Waals surface area (Å²) in [5.41, 5.74) is 2.12. The van der Waals surface area contributed by atoms with Crippen LogP contribution in [0.3, 0.4) is 0 Å². The maximum Gasteiger partial charge on any atom is 0.224 e. The quantitative estimate of drug-likeness (QED) is 0.717.